The van der Waals surface area contributed by atoms with Gasteiger partial charge in [0.15, 0.2) is 10.9 Å². The monoisotopic (exact) mass is 412 g/mol. The SMILES string of the molecule is c1coc(Cn2c(SCc3nc(-c4ccco4)no3)nnc2N2CCCCC2)c1. The number of rotatable bonds is 7. The molecule has 150 valence electrons. The molecule has 0 spiro atoms. The summed E-state index contributed by atoms with van der Waals surface area (Å²) in [5.41, 5.74) is 0. The molecule has 4 aromatic heterocycles. The maximum atomic E-state index is 5.56. The standard InChI is InChI=1S/C19H20N6O3S/c1-2-8-24(9-3-1)18-21-22-19(25(18)12-14-6-4-10-26-14)29-13-16-20-17(23-28-16)15-7-5-11-27-15/h4-7,10-11H,1-3,8-9,12-13H2. The molecule has 0 bridgehead atoms. The van der Waals surface area contributed by atoms with Gasteiger partial charge in [-0.1, -0.05) is 16.9 Å². The van der Waals surface area contributed by atoms with E-state index in [1.807, 2.05) is 12.1 Å². The van der Waals surface area contributed by atoms with Crippen LogP contribution in [0.25, 0.3) is 11.6 Å². The molecule has 1 aliphatic heterocycles. The van der Waals surface area contributed by atoms with Crippen LogP contribution >= 0.6 is 11.8 Å². The number of aromatic nitrogens is 5. The molecule has 1 saturated heterocycles. The van der Waals surface area contributed by atoms with Gasteiger partial charge in [0.05, 0.1) is 24.8 Å². The Labute approximate surface area is 171 Å². The molecule has 5 rings (SSSR count). The van der Waals surface area contributed by atoms with E-state index in [4.69, 9.17) is 13.4 Å². The Morgan fingerprint density at radius 3 is 2.66 bits per heavy atom. The van der Waals surface area contributed by atoms with E-state index in [1.54, 1.807) is 24.7 Å². The average molecular weight is 412 g/mol. The predicted octanol–water partition coefficient (Wildman–Crippen LogP) is 3.85. The van der Waals surface area contributed by atoms with E-state index >= 15 is 0 Å². The van der Waals surface area contributed by atoms with Gasteiger partial charge < -0.3 is 18.3 Å². The smallest absolute Gasteiger partial charge is 0.238 e. The number of anilines is 1. The second-order valence-electron chi connectivity index (χ2n) is 6.77. The summed E-state index contributed by atoms with van der Waals surface area (Å²) in [7, 11) is 0. The molecule has 1 aliphatic rings. The van der Waals surface area contributed by atoms with Crippen molar-refractivity contribution in [2.75, 3.05) is 18.0 Å². The fraction of sp³-hybridized carbons (Fsp3) is 0.368. The quantitative estimate of drug-likeness (QED) is 0.419. The second-order valence-corrected chi connectivity index (χ2v) is 7.72. The molecule has 0 unspecified atom stereocenters. The van der Waals surface area contributed by atoms with Crippen LogP contribution in [0, 0.1) is 0 Å². The minimum absolute atomic E-state index is 0.441. The second kappa shape index (κ2) is 8.16. The van der Waals surface area contributed by atoms with Gasteiger partial charge in [-0.3, -0.25) is 4.57 Å². The van der Waals surface area contributed by atoms with Gasteiger partial charge in [0.2, 0.25) is 17.7 Å². The van der Waals surface area contributed by atoms with Crippen molar-refractivity contribution in [2.24, 2.45) is 0 Å². The van der Waals surface area contributed by atoms with Crippen LogP contribution in [-0.2, 0) is 12.3 Å². The highest BCUT2D eigenvalue weighted by atomic mass is 32.2. The van der Waals surface area contributed by atoms with Crippen molar-refractivity contribution in [2.45, 2.75) is 36.7 Å². The van der Waals surface area contributed by atoms with Crippen LogP contribution < -0.4 is 4.90 Å². The molecule has 0 saturated carbocycles. The van der Waals surface area contributed by atoms with Crippen LogP contribution in [0.1, 0.15) is 30.9 Å². The van der Waals surface area contributed by atoms with Gasteiger partial charge in [-0.15, -0.1) is 10.2 Å². The summed E-state index contributed by atoms with van der Waals surface area (Å²) < 4.78 is 18.3. The van der Waals surface area contributed by atoms with Crippen LogP contribution in [0.5, 0.6) is 0 Å². The van der Waals surface area contributed by atoms with E-state index in [0.717, 1.165) is 30.0 Å². The van der Waals surface area contributed by atoms with Crippen molar-refractivity contribution in [3.05, 3.63) is 48.4 Å². The molecule has 4 aromatic rings. The predicted molar refractivity (Wildman–Crippen MR) is 105 cm³/mol. The topological polar surface area (TPSA) is 99.1 Å². The third kappa shape index (κ3) is 3.93. The van der Waals surface area contributed by atoms with Gasteiger partial charge in [-0.05, 0) is 43.5 Å². The Bertz CT molecular complexity index is 1030. The summed E-state index contributed by atoms with van der Waals surface area (Å²) in [5.74, 6) is 3.76. The molecule has 0 amide bonds. The molecular formula is C19H20N6O3S. The largest absolute Gasteiger partial charge is 0.467 e. The lowest BCUT2D eigenvalue weighted by atomic mass is 10.1. The van der Waals surface area contributed by atoms with Crippen molar-refractivity contribution in [3.8, 4) is 11.6 Å². The first-order valence-corrected chi connectivity index (χ1v) is 10.6. The van der Waals surface area contributed by atoms with E-state index in [-0.39, 0.29) is 0 Å². The fourth-order valence-electron chi connectivity index (χ4n) is 3.36. The number of hydrogen-bond acceptors (Lipinski definition) is 9. The summed E-state index contributed by atoms with van der Waals surface area (Å²) in [6, 6.07) is 7.44. The lowest BCUT2D eigenvalue weighted by molar-refractivity contribution is 0.390. The van der Waals surface area contributed by atoms with Crippen molar-refractivity contribution in [1.29, 1.82) is 0 Å². The molecule has 1 fully saturated rings. The summed E-state index contributed by atoms with van der Waals surface area (Å²) in [6.45, 7) is 2.57. The summed E-state index contributed by atoms with van der Waals surface area (Å²) in [6.07, 6.45) is 6.88. The van der Waals surface area contributed by atoms with Crippen molar-refractivity contribution < 1.29 is 13.4 Å². The molecule has 0 atom stereocenters. The van der Waals surface area contributed by atoms with E-state index in [1.165, 1.54) is 31.0 Å². The van der Waals surface area contributed by atoms with E-state index in [0.29, 0.717) is 29.8 Å². The minimum Gasteiger partial charge on any atom is -0.467 e. The fourth-order valence-corrected chi connectivity index (χ4v) is 4.13. The number of piperidine rings is 1. The van der Waals surface area contributed by atoms with Gasteiger partial charge in [0, 0.05) is 13.1 Å². The van der Waals surface area contributed by atoms with Gasteiger partial charge in [0.1, 0.15) is 5.76 Å². The Hall–Kier alpha value is -3.01. The van der Waals surface area contributed by atoms with Crippen molar-refractivity contribution in [1.82, 2.24) is 24.9 Å². The van der Waals surface area contributed by atoms with Crippen LogP contribution in [-0.4, -0.2) is 38.0 Å². The normalized spacial score (nSPS) is 14.6. The van der Waals surface area contributed by atoms with Crippen molar-refractivity contribution in [3.63, 3.8) is 0 Å². The molecule has 10 heteroatoms. The third-order valence-electron chi connectivity index (χ3n) is 4.76. The van der Waals surface area contributed by atoms with Crippen LogP contribution in [0.2, 0.25) is 0 Å². The van der Waals surface area contributed by atoms with Gasteiger partial charge >= 0.3 is 0 Å². The van der Waals surface area contributed by atoms with Crippen molar-refractivity contribution >= 4 is 17.7 Å². The zero-order valence-electron chi connectivity index (χ0n) is 15.7. The number of thioether (sulfide) groups is 1. The highest BCUT2D eigenvalue weighted by Crippen LogP contribution is 2.28. The Balaban J connectivity index is 1.35. The van der Waals surface area contributed by atoms with E-state index in [9.17, 15) is 0 Å². The number of nitrogens with zero attached hydrogens (tertiary/aromatic N) is 6. The molecule has 0 N–H and O–H groups in total. The zero-order chi connectivity index (χ0) is 19.5. The molecule has 0 radical (unpaired) electrons. The summed E-state index contributed by atoms with van der Waals surface area (Å²) in [4.78, 5) is 6.69. The van der Waals surface area contributed by atoms with Gasteiger partial charge in [0.25, 0.3) is 0 Å². The minimum atomic E-state index is 0.441. The first kappa shape index (κ1) is 18.0. The average Bonchev–Trinajstić information content (AvgIpc) is 3.55. The number of hydrogen-bond donors (Lipinski definition) is 0. The van der Waals surface area contributed by atoms with E-state index in [2.05, 4.69) is 29.8 Å². The highest BCUT2D eigenvalue weighted by molar-refractivity contribution is 7.98. The van der Waals surface area contributed by atoms with Crippen LogP contribution in [0.15, 0.2) is 55.3 Å². The molecule has 5 heterocycles. The lowest BCUT2D eigenvalue weighted by Crippen LogP contribution is -2.32. The molecule has 29 heavy (non-hydrogen) atoms. The Morgan fingerprint density at radius 2 is 1.86 bits per heavy atom. The van der Waals surface area contributed by atoms with Crippen LogP contribution in [0.3, 0.4) is 0 Å². The van der Waals surface area contributed by atoms with Crippen LogP contribution in [0.4, 0.5) is 5.95 Å². The number of furan rings is 2. The first-order chi connectivity index (χ1) is 14.4. The van der Waals surface area contributed by atoms with Gasteiger partial charge in [-0.25, -0.2) is 0 Å². The van der Waals surface area contributed by atoms with E-state index < -0.39 is 0 Å². The molecule has 0 aliphatic carbocycles. The molecule has 0 aromatic carbocycles. The highest BCUT2D eigenvalue weighted by Gasteiger charge is 2.22. The summed E-state index contributed by atoms with van der Waals surface area (Å²) in [5, 5.41) is 13.7. The molecular weight excluding hydrogens is 392 g/mol. The maximum absolute atomic E-state index is 5.56. The Kier molecular flexibility index (Phi) is 5.08. The summed E-state index contributed by atoms with van der Waals surface area (Å²) >= 11 is 1.51. The molecule has 9 nitrogen and oxygen atoms in total. The first-order valence-electron chi connectivity index (χ1n) is 9.56. The third-order valence-corrected chi connectivity index (χ3v) is 5.72. The maximum Gasteiger partial charge on any atom is 0.238 e. The Morgan fingerprint density at radius 1 is 1.00 bits per heavy atom. The zero-order valence-corrected chi connectivity index (χ0v) is 16.5. The van der Waals surface area contributed by atoms with Gasteiger partial charge in [-0.2, -0.15) is 4.98 Å². The lowest BCUT2D eigenvalue weighted by Gasteiger charge is -2.27.